The summed E-state index contributed by atoms with van der Waals surface area (Å²) < 4.78 is 3.54. The lowest BCUT2D eigenvalue weighted by Gasteiger charge is -2.34. The Balaban J connectivity index is 1.34. The minimum Gasteiger partial charge on any atom is -0.352 e. The Bertz CT molecular complexity index is 885. The van der Waals surface area contributed by atoms with Crippen LogP contribution >= 0.6 is 11.8 Å². The van der Waals surface area contributed by atoms with Crippen molar-refractivity contribution in [2.75, 3.05) is 17.2 Å². The van der Waals surface area contributed by atoms with E-state index in [4.69, 9.17) is 0 Å². The Kier molecular flexibility index (Phi) is 5.67. The lowest BCUT2D eigenvalue weighted by Crippen LogP contribution is -2.45. The standard InChI is InChI=1S/C20H28N6O2S/c1-13-17-20(24(3)23-13)29-12-11-25(17)19(28)15-5-7-16(8-6-15)22-18(27)14(2)26-10-4-9-21-26/h4,9-10,14-16H,5-8,11-12H2,1-3H3,(H,22,27). The van der Waals surface area contributed by atoms with Crippen LogP contribution in [-0.2, 0) is 16.6 Å². The van der Waals surface area contributed by atoms with Gasteiger partial charge in [0, 0.05) is 43.7 Å². The van der Waals surface area contributed by atoms with Gasteiger partial charge in [0.2, 0.25) is 11.8 Å². The fourth-order valence-corrected chi connectivity index (χ4v) is 5.41. The fraction of sp³-hybridized carbons (Fsp3) is 0.600. The summed E-state index contributed by atoms with van der Waals surface area (Å²) in [5, 5.41) is 12.9. The van der Waals surface area contributed by atoms with E-state index in [1.54, 1.807) is 28.8 Å². The van der Waals surface area contributed by atoms with Crippen LogP contribution in [0.5, 0.6) is 0 Å². The lowest BCUT2D eigenvalue weighted by atomic mass is 9.85. The third kappa shape index (κ3) is 3.92. The zero-order valence-corrected chi connectivity index (χ0v) is 18.0. The lowest BCUT2D eigenvalue weighted by molar-refractivity contribution is -0.125. The van der Waals surface area contributed by atoms with Gasteiger partial charge in [-0.3, -0.25) is 19.0 Å². The number of carbonyl (C=O) groups excluding carboxylic acids is 2. The van der Waals surface area contributed by atoms with Gasteiger partial charge in [-0.25, -0.2) is 0 Å². The molecule has 1 atom stereocenters. The van der Waals surface area contributed by atoms with Crippen LogP contribution in [0.25, 0.3) is 0 Å². The van der Waals surface area contributed by atoms with E-state index in [0.29, 0.717) is 0 Å². The number of anilines is 1. The zero-order chi connectivity index (χ0) is 20.5. The van der Waals surface area contributed by atoms with E-state index in [2.05, 4.69) is 15.5 Å². The number of rotatable bonds is 4. The minimum atomic E-state index is -0.331. The molecule has 1 fully saturated rings. The van der Waals surface area contributed by atoms with Crippen LogP contribution in [0.15, 0.2) is 23.5 Å². The second kappa shape index (κ2) is 8.22. The van der Waals surface area contributed by atoms with Gasteiger partial charge in [0.05, 0.1) is 11.4 Å². The first-order valence-corrected chi connectivity index (χ1v) is 11.2. The summed E-state index contributed by atoms with van der Waals surface area (Å²) >= 11 is 1.76. The molecule has 1 saturated carbocycles. The average molecular weight is 417 g/mol. The Morgan fingerprint density at radius 2 is 2.03 bits per heavy atom. The molecule has 2 amide bonds. The van der Waals surface area contributed by atoms with Crippen molar-refractivity contribution in [2.45, 2.75) is 56.6 Å². The van der Waals surface area contributed by atoms with Gasteiger partial charge in [-0.2, -0.15) is 10.2 Å². The van der Waals surface area contributed by atoms with Crippen molar-refractivity contribution in [1.82, 2.24) is 24.9 Å². The Morgan fingerprint density at radius 1 is 1.28 bits per heavy atom. The Labute approximate surface area is 175 Å². The average Bonchev–Trinajstić information content (AvgIpc) is 3.36. The molecule has 8 nitrogen and oxygen atoms in total. The monoisotopic (exact) mass is 416 g/mol. The van der Waals surface area contributed by atoms with Gasteiger partial charge >= 0.3 is 0 Å². The van der Waals surface area contributed by atoms with Crippen LogP contribution in [0.2, 0.25) is 0 Å². The molecule has 1 aliphatic carbocycles. The number of hydrogen-bond donors (Lipinski definition) is 1. The first-order chi connectivity index (χ1) is 14.0. The second-order valence-electron chi connectivity index (χ2n) is 7.92. The summed E-state index contributed by atoms with van der Waals surface area (Å²) in [5.74, 6) is 1.10. The molecule has 0 aromatic carbocycles. The zero-order valence-electron chi connectivity index (χ0n) is 17.2. The third-order valence-electron chi connectivity index (χ3n) is 5.95. The fourth-order valence-electron chi connectivity index (χ4n) is 4.32. The van der Waals surface area contributed by atoms with E-state index in [1.807, 2.05) is 36.5 Å². The van der Waals surface area contributed by atoms with E-state index in [0.717, 1.165) is 54.4 Å². The third-order valence-corrected chi connectivity index (χ3v) is 7.07. The van der Waals surface area contributed by atoms with Gasteiger partial charge in [0.1, 0.15) is 11.1 Å². The molecule has 2 aromatic heterocycles. The van der Waals surface area contributed by atoms with Crippen LogP contribution in [0.3, 0.4) is 0 Å². The summed E-state index contributed by atoms with van der Waals surface area (Å²) in [7, 11) is 1.94. The van der Waals surface area contributed by atoms with Gasteiger partial charge in [-0.15, -0.1) is 11.8 Å². The van der Waals surface area contributed by atoms with Crippen LogP contribution in [0.4, 0.5) is 5.69 Å². The highest BCUT2D eigenvalue weighted by Crippen LogP contribution is 2.39. The highest BCUT2D eigenvalue weighted by atomic mass is 32.2. The molecule has 2 aromatic rings. The maximum atomic E-state index is 13.3. The van der Waals surface area contributed by atoms with Crippen molar-refractivity contribution < 1.29 is 9.59 Å². The van der Waals surface area contributed by atoms with Crippen LogP contribution < -0.4 is 10.2 Å². The molecule has 1 unspecified atom stereocenters. The Hall–Kier alpha value is -2.29. The van der Waals surface area contributed by atoms with Crippen molar-refractivity contribution in [1.29, 1.82) is 0 Å². The maximum absolute atomic E-state index is 13.3. The first kappa shape index (κ1) is 20.0. The molecule has 29 heavy (non-hydrogen) atoms. The van der Waals surface area contributed by atoms with Gasteiger partial charge in [0.25, 0.3) is 0 Å². The van der Waals surface area contributed by atoms with Crippen molar-refractivity contribution >= 4 is 29.3 Å². The van der Waals surface area contributed by atoms with Gasteiger partial charge in [-0.05, 0) is 45.6 Å². The molecule has 156 valence electrons. The highest BCUT2D eigenvalue weighted by Gasteiger charge is 2.35. The molecule has 0 spiro atoms. The van der Waals surface area contributed by atoms with Crippen LogP contribution in [0, 0.1) is 12.8 Å². The molecule has 3 heterocycles. The van der Waals surface area contributed by atoms with E-state index < -0.39 is 0 Å². The van der Waals surface area contributed by atoms with Crippen molar-refractivity contribution in [3.63, 3.8) is 0 Å². The van der Waals surface area contributed by atoms with E-state index in [-0.39, 0.29) is 29.8 Å². The number of carbonyl (C=O) groups is 2. The van der Waals surface area contributed by atoms with Gasteiger partial charge in [-0.1, -0.05) is 0 Å². The van der Waals surface area contributed by atoms with E-state index >= 15 is 0 Å². The van der Waals surface area contributed by atoms with Gasteiger partial charge < -0.3 is 10.2 Å². The number of thioether (sulfide) groups is 1. The molecule has 2 aliphatic rings. The van der Waals surface area contributed by atoms with E-state index in [1.165, 1.54) is 0 Å². The summed E-state index contributed by atoms with van der Waals surface area (Å²) in [5.41, 5.74) is 1.90. The quantitative estimate of drug-likeness (QED) is 0.827. The minimum absolute atomic E-state index is 0.0160. The van der Waals surface area contributed by atoms with Gasteiger partial charge in [0.15, 0.2) is 0 Å². The van der Waals surface area contributed by atoms with E-state index in [9.17, 15) is 9.59 Å². The SMILES string of the molecule is Cc1nn(C)c2c1N(C(=O)C1CCC(NC(=O)C(C)n3cccn3)CC1)CCS2. The molecule has 1 aliphatic heterocycles. The summed E-state index contributed by atoms with van der Waals surface area (Å²) in [6.07, 6.45) is 6.74. The predicted molar refractivity (Wildman–Crippen MR) is 112 cm³/mol. The topological polar surface area (TPSA) is 85.0 Å². The van der Waals surface area contributed by atoms with Crippen LogP contribution in [0.1, 0.15) is 44.3 Å². The number of amides is 2. The van der Waals surface area contributed by atoms with Crippen molar-refractivity contribution in [2.24, 2.45) is 13.0 Å². The summed E-state index contributed by atoms with van der Waals surface area (Å²) in [6.45, 7) is 4.55. The Morgan fingerprint density at radius 3 is 2.72 bits per heavy atom. The number of aromatic nitrogens is 4. The smallest absolute Gasteiger partial charge is 0.244 e. The molecule has 0 radical (unpaired) electrons. The maximum Gasteiger partial charge on any atom is 0.244 e. The number of nitrogens with one attached hydrogen (secondary N) is 1. The highest BCUT2D eigenvalue weighted by molar-refractivity contribution is 7.99. The summed E-state index contributed by atoms with van der Waals surface area (Å²) in [6, 6.07) is 1.61. The number of aryl methyl sites for hydroxylation is 2. The number of fused-ring (bicyclic) bond motifs is 1. The van der Waals surface area contributed by atoms with Crippen molar-refractivity contribution in [3.05, 3.63) is 24.2 Å². The molecule has 4 rings (SSSR count). The molecule has 0 bridgehead atoms. The number of nitrogens with zero attached hydrogens (tertiary/aromatic N) is 5. The molecule has 1 N–H and O–H groups in total. The normalized spacial score (nSPS) is 22.8. The van der Waals surface area contributed by atoms with Crippen LogP contribution in [-0.4, -0.2) is 49.7 Å². The molecular formula is C20H28N6O2S. The molecular weight excluding hydrogens is 388 g/mol. The first-order valence-electron chi connectivity index (χ1n) is 10.2. The molecule has 0 saturated heterocycles. The predicted octanol–water partition coefficient (Wildman–Crippen LogP) is 2.30. The van der Waals surface area contributed by atoms with Crippen molar-refractivity contribution in [3.8, 4) is 0 Å². The largest absolute Gasteiger partial charge is 0.352 e. The molecule has 9 heteroatoms. The summed E-state index contributed by atoms with van der Waals surface area (Å²) in [4.78, 5) is 27.7. The second-order valence-corrected chi connectivity index (χ2v) is 9.00. The number of hydrogen-bond acceptors (Lipinski definition) is 5.